The van der Waals surface area contributed by atoms with Gasteiger partial charge in [-0.15, -0.1) is 0 Å². The van der Waals surface area contributed by atoms with Crippen molar-refractivity contribution >= 4 is 23.5 Å². The monoisotopic (exact) mass is 338 g/mol. The fourth-order valence-electron chi connectivity index (χ4n) is 1.51. The third kappa shape index (κ3) is 6.86. The molecular formula is C15H18N2O7. The predicted octanol–water partition coefficient (Wildman–Crippen LogP) is 1.70. The third-order valence-corrected chi connectivity index (χ3v) is 2.67. The molecule has 1 aromatic rings. The summed E-state index contributed by atoms with van der Waals surface area (Å²) in [6.45, 7) is 2.91. The van der Waals surface area contributed by atoms with Gasteiger partial charge in [0.25, 0.3) is 5.69 Å². The lowest BCUT2D eigenvalue weighted by Gasteiger charge is -2.08. The second-order valence-corrected chi connectivity index (χ2v) is 5.24. The number of ketones is 1. The maximum absolute atomic E-state index is 11.8. The second kappa shape index (κ2) is 9.23. The summed E-state index contributed by atoms with van der Waals surface area (Å²) in [6, 6.07) is 5.08. The van der Waals surface area contributed by atoms with Gasteiger partial charge in [0.1, 0.15) is 6.54 Å². The van der Waals surface area contributed by atoms with Gasteiger partial charge in [-0.2, -0.15) is 0 Å². The summed E-state index contributed by atoms with van der Waals surface area (Å²) in [6.07, 6.45) is -0.759. The number of benzene rings is 1. The van der Waals surface area contributed by atoms with E-state index < -0.39 is 35.9 Å². The van der Waals surface area contributed by atoms with Crippen LogP contribution in [-0.2, 0) is 14.3 Å². The fourth-order valence-corrected chi connectivity index (χ4v) is 1.51. The Morgan fingerprint density at radius 1 is 1.25 bits per heavy atom. The summed E-state index contributed by atoms with van der Waals surface area (Å²) in [7, 11) is 0. The zero-order valence-corrected chi connectivity index (χ0v) is 13.3. The molecule has 9 nitrogen and oxygen atoms in total. The summed E-state index contributed by atoms with van der Waals surface area (Å²) < 4.78 is 9.50. The topological polar surface area (TPSA) is 125 Å². The largest absolute Gasteiger partial charge is 0.456 e. The number of Topliss-reactive ketones (excluding diaryl/α,β-unsaturated/α-hetero) is 1. The normalized spacial score (nSPS) is 10.1. The zero-order valence-electron chi connectivity index (χ0n) is 13.3. The first-order valence-corrected chi connectivity index (χ1v) is 7.13. The standard InChI is InChI=1S/C15H18N2O7/c1-10(2)8-24-15(20)16-7-14(19)23-9-13(18)11-4-3-5-12(6-11)17(21)22/h3-6,10H,7-9H2,1-2H3,(H,16,20). The van der Waals surface area contributed by atoms with Gasteiger partial charge in [0.05, 0.1) is 11.5 Å². The van der Waals surface area contributed by atoms with E-state index >= 15 is 0 Å². The van der Waals surface area contributed by atoms with Crippen molar-refractivity contribution in [1.29, 1.82) is 0 Å². The highest BCUT2D eigenvalue weighted by Gasteiger charge is 2.14. The molecule has 1 rings (SSSR count). The van der Waals surface area contributed by atoms with Crippen LogP contribution in [0.25, 0.3) is 0 Å². The van der Waals surface area contributed by atoms with E-state index in [4.69, 9.17) is 9.47 Å². The summed E-state index contributed by atoms with van der Waals surface area (Å²) in [5.41, 5.74) is -0.178. The number of carbonyl (C=O) groups excluding carboxylic acids is 3. The van der Waals surface area contributed by atoms with E-state index in [9.17, 15) is 24.5 Å². The van der Waals surface area contributed by atoms with Gasteiger partial charge in [0, 0.05) is 17.7 Å². The van der Waals surface area contributed by atoms with E-state index in [2.05, 4.69) is 5.32 Å². The summed E-state index contributed by atoms with van der Waals surface area (Å²) in [5, 5.41) is 12.8. The van der Waals surface area contributed by atoms with Crippen LogP contribution in [0.15, 0.2) is 24.3 Å². The first kappa shape index (κ1) is 19.1. The minimum absolute atomic E-state index is 0.0568. The Labute approximate surface area is 138 Å². The van der Waals surface area contributed by atoms with Gasteiger partial charge in [-0.3, -0.25) is 19.7 Å². The number of nitrogens with one attached hydrogen (secondary N) is 1. The fraction of sp³-hybridized carbons (Fsp3) is 0.400. The van der Waals surface area contributed by atoms with E-state index in [-0.39, 0.29) is 23.8 Å². The predicted molar refractivity (Wildman–Crippen MR) is 82.6 cm³/mol. The molecule has 130 valence electrons. The van der Waals surface area contributed by atoms with Crippen LogP contribution in [-0.4, -0.2) is 42.5 Å². The molecule has 1 amide bonds. The van der Waals surface area contributed by atoms with Crippen molar-refractivity contribution in [2.75, 3.05) is 19.8 Å². The molecule has 1 N–H and O–H groups in total. The van der Waals surface area contributed by atoms with Crippen LogP contribution >= 0.6 is 0 Å². The minimum Gasteiger partial charge on any atom is -0.456 e. The molecule has 0 saturated carbocycles. The maximum Gasteiger partial charge on any atom is 0.407 e. The van der Waals surface area contributed by atoms with E-state index in [1.807, 2.05) is 13.8 Å². The maximum atomic E-state index is 11.8. The number of nitro benzene ring substituents is 1. The number of carbonyl (C=O) groups is 3. The highest BCUT2D eigenvalue weighted by Crippen LogP contribution is 2.13. The minimum atomic E-state index is -0.824. The van der Waals surface area contributed by atoms with Crippen LogP contribution in [0.1, 0.15) is 24.2 Å². The zero-order chi connectivity index (χ0) is 18.1. The SMILES string of the molecule is CC(C)COC(=O)NCC(=O)OCC(=O)c1cccc([N+](=O)[O-])c1. The van der Waals surface area contributed by atoms with Crippen molar-refractivity contribution in [3.63, 3.8) is 0 Å². The first-order chi connectivity index (χ1) is 11.3. The van der Waals surface area contributed by atoms with Crippen molar-refractivity contribution in [3.8, 4) is 0 Å². The molecule has 0 fully saturated rings. The molecule has 0 aliphatic heterocycles. The molecule has 0 bridgehead atoms. The van der Waals surface area contributed by atoms with Crippen molar-refractivity contribution < 1.29 is 28.8 Å². The smallest absolute Gasteiger partial charge is 0.407 e. The van der Waals surface area contributed by atoms with Crippen molar-refractivity contribution in [2.24, 2.45) is 5.92 Å². The molecule has 0 heterocycles. The quantitative estimate of drug-likeness (QED) is 0.331. The Hall–Kier alpha value is -2.97. The van der Waals surface area contributed by atoms with Gasteiger partial charge in [-0.05, 0) is 5.92 Å². The molecule has 0 spiro atoms. The number of esters is 1. The summed E-state index contributed by atoms with van der Waals surface area (Å²) in [5.74, 6) is -1.25. The molecule has 0 radical (unpaired) electrons. The van der Waals surface area contributed by atoms with E-state index in [1.54, 1.807) is 0 Å². The summed E-state index contributed by atoms with van der Waals surface area (Å²) >= 11 is 0. The van der Waals surface area contributed by atoms with E-state index in [1.165, 1.54) is 18.2 Å². The van der Waals surface area contributed by atoms with Gasteiger partial charge in [-0.25, -0.2) is 4.79 Å². The molecule has 0 unspecified atom stereocenters. The average molecular weight is 338 g/mol. The van der Waals surface area contributed by atoms with Crippen molar-refractivity contribution in [3.05, 3.63) is 39.9 Å². The van der Waals surface area contributed by atoms with Gasteiger partial charge in [-0.1, -0.05) is 26.0 Å². The van der Waals surface area contributed by atoms with Crippen LogP contribution in [0.4, 0.5) is 10.5 Å². The number of amides is 1. The Morgan fingerprint density at radius 2 is 1.96 bits per heavy atom. The van der Waals surface area contributed by atoms with Crippen LogP contribution in [0.5, 0.6) is 0 Å². The van der Waals surface area contributed by atoms with Crippen molar-refractivity contribution in [2.45, 2.75) is 13.8 Å². The van der Waals surface area contributed by atoms with Crippen LogP contribution < -0.4 is 5.32 Å². The lowest BCUT2D eigenvalue weighted by Crippen LogP contribution is -2.32. The summed E-state index contributed by atoms with van der Waals surface area (Å²) in [4.78, 5) is 44.5. The molecule has 0 atom stereocenters. The Bertz CT molecular complexity index is 628. The van der Waals surface area contributed by atoms with Crippen molar-refractivity contribution in [1.82, 2.24) is 5.32 Å². The van der Waals surface area contributed by atoms with Crippen LogP contribution in [0.2, 0.25) is 0 Å². The third-order valence-electron chi connectivity index (χ3n) is 2.67. The Kier molecular flexibility index (Phi) is 7.34. The molecule has 0 aromatic heterocycles. The number of alkyl carbamates (subject to hydrolysis) is 1. The number of rotatable bonds is 8. The molecule has 9 heteroatoms. The number of hydrogen-bond acceptors (Lipinski definition) is 7. The number of nitro groups is 1. The Morgan fingerprint density at radius 3 is 2.58 bits per heavy atom. The van der Waals surface area contributed by atoms with Crippen LogP contribution in [0.3, 0.4) is 0 Å². The molecule has 0 saturated heterocycles. The lowest BCUT2D eigenvalue weighted by atomic mass is 10.1. The number of hydrogen-bond donors (Lipinski definition) is 1. The second-order valence-electron chi connectivity index (χ2n) is 5.24. The van der Waals surface area contributed by atoms with Gasteiger partial charge >= 0.3 is 12.1 Å². The lowest BCUT2D eigenvalue weighted by molar-refractivity contribution is -0.384. The molecule has 24 heavy (non-hydrogen) atoms. The highest BCUT2D eigenvalue weighted by atomic mass is 16.6. The number of ether oxygens (including phenoxy) is 2. The van der Waals surface area contributed by atoms with E-state index in [0.29, 0.717) is 0 Å². The Balaban J connectivity index is 2.38. The number of nitrogens with zero attached hydrogens (tertiary/aromatic N) is 1. The molecule has 0 aliphatic carbocycles. The molecular weight excluding hydrogens is 320 g/mol. The number of non-ortho nitro benzene ring substituents is 1. The molecule has 0 aliphatic rings. The van der Waals surface area contributed by atoms with Crippen LogP contribution in [0, 0.1) is 16.0 Å². The van der Waals surface area contributed by atoms with E-state index in [0.717, 1.165) is 6.07 Å². The molecule has 1 aromatic carbocycles. The van der Waals surface area contributed by atoms with Gasteiger partial charge in [0.2, 0.25) is 5.78 Å². The first-order valence-electron chi connectivity index (χ1n) is 7.13. The van der Waals surface area contributed by atoms with Gasteiger partial charge < -0.3 is 14.8 Å². The highest BCUT2D eigenvalue weighted by molar-refractivity contribution is 5.98. The average Bonchev–Trinajstić information content (AvgIpc) is 2.55. The van der Waals surface area contributed by atoms with Gasteiger partial charge in [0.15, 0.2) is 6.61 Å².